The van der Waals surface area contributed by atoms with Crippen LogP contribution in [0.15, 0.2) is 113 Å². The number of primary amides is 1. The molecule has 2 saturated heterocycles. The Bertz CT molecular complexity index is 5550. The fourth-order valence-electron chi connectivity index (χ4n) is 15.6. The van der Waals surface area contributed by atoms with Crippen molar-refractivity contribution in [2.75, 3.05) is 138 Å². The van der Waals surface area contributed by atoms with Crippen LogP contribution in [0.25, 0.3) is 0 Å². The lowest BCUT2D eigenvalue weighted by Crippen LogP contribution is -2.60. The van der Waals surface area contributed by atoms with Crippen molar-refractivity contribution in [2.45, 2.75) is 186 Å². The average Bonchev–Trinajstić information content (AvgIpc) is 1.59. The molecule has 0 radical (unpaired) electrons. The molecule has 0 aliphatic carbocycles. The summed E-state index contributed by atoms with van der Waals surface area (Å²) >= 11 is 0.851. The minimum absolute atomic E-state index is 0.0167. The predicted molar refractivity (Wildman–Crippen MR) is 526 cm³/mol. The number of carbonyl (C=O) groups is 13. The summed E-state index contributed by atoms with van der Waals surface area (Å²) in [6.45, 7) is 4.99. The van der Waals surface area contributed by atoms with Crippen LogP contribution in [0.4, 0.5) is 11.4 Å². The molecule has 47 nitrogen and oxygen atoms in total. The van der Waals surface area contributed by atoms with E-state index in [1.54, 1.807) is 67.6 Å². The number of amides is 12. The SMILES string of the molecule is CC1(CCCCS(=O)(=O)O)C(/C=C/C=C/C=C2/N(CCCCCC(=O)NCCCC[C@@H]3NC(=O)CSC[C@@H](C(=O)NCCOCCOCCOCCNC(=O)COCC(N)=O)NC(=O)[C@H](Cc4ccccc4)NC(=O)[C@@H]4CSSC[C@H](NC3=O)C(=O)N[C@@H](CCCNC(=N)N)C(=O)NCC(=O)N[C@@H](CC(=O)O)C(=O)N4)c3ccc(S(=O)(=O)O)cc3C2(C)C)=[N+](CCCCS(=O)(=O)O)c2ccc(S(=O)(=O)O)cc21. The second-order valence-corrected chi connectivity index (χ2v) is 43.8. The number of ether oxygens (including phenoxy) is 4. The van der Waals surface area contributed by atoms with Crippen LogP contribution in [0.3, 0.4) is 0 Å². The van der Waals surface area contributed by atoms with Gasteiger partial charge in [0.25, 0.3) is 40.5 Å². The second kappa shape index (κ2) is 58.3. The number of carbonyl (C=O) groups excluding carboxylic acids is 12. The molecule has 3 aromatic rings. The van der Waals surface area contributed by atoms with E-state index >= 15 is 0 Å². The predicted octanol–water partition coefficient (Wildman–Crippen LogP) is -0.680. The van der Waals surface area contributed by atoms with Gasteiger partial charge in [-0.05, 0) is 119 Å². The first-order valence-electron chi connectivity index (χ1n) is 45.7. The minimum Gasteiger partial charge on any atom is -0.481 e. The van der Waals surface area contributed by atoms with Crippen LogP contribution < -0.4 is 80.2 Å². The molecule has 142 heavy (non-hydrogen) atoms. The first-order valence-corrected chi connectivity index (χ1v) is 55.4. The molecule has 54 heteroatoms. The first kappa shape index (κ1) is 118. The fourth-order valence-corrected chi connectivity index (χ4v) is 20.9. The van der Waals surface area contributed by atoms with Crippen molar-refractivity contribution in [1.82, 2.24) is 63.8 Å². The van der Waals surface area contributed by atoms with Gasteiger partial charge in [0.15, 0.2) is 11.7 Å². The highest BCUT2D eigenvalue weighted by Crippen LogP contribution is 2.49. The molecule has 3 aromatic carbocycles. The number of fused-ring (bicyclic) bond motifs is 7. The van der Waals surface area contributed by atoms with Crippen molar-refractivity contribution in [1.29, 1.82) is 5.41 Å². The number of hydrogen-bond donors (Lipinski definition) is 20. The highest BCUT2D eigenvalue weighted by atomic mass is 33.1. The van der Waals surface area contributed by atoms with Crippen molar-refractivity contribution in [3.8, 4) is 0 Å². The molecular formula is C88H128N17O30S7+. The number of anilines is 1. The normalized spacial score (nSPS) is 20.9. The number of nitrogens with one attached hydrogen (secondary N) is 13. The van der Waals surface area contributed by atoms with Gasteiger partial charge in [0.1, 0.15) is 62.1 Å². The van der Waals surface area contributed by atoms with Crippen LogP contribution in [0.5, 0.6) is 0 Å². The van der Waals surface area contributed by atoms with E-state index in [0.717, 1.165) is 33.3 Å². The third kappa shape index (κ3) is 41.2. The molecule has 1 unspecified atom stereocenters. The molecule has 12 amide bonds. The Balaban J connectivity index is 1.09. The van der Waals surface area contributed by atoms with Crippen LogP contribution in [-0.2, 0) is 139 Å². The highest BCUT2D eigenvalue weighted by molar-refractivity contribution is 8.76. The average molecular weight is 2130 g/mol. The molecule has 8 atom stereocenters. The summed E-state index contributed by atoms with van der Waals surface area (Å²) in [5.74, 6) is -14.8. The minimum atomic E-state index is -4.74. The van der Waals surface area contributed by atoms with Crippen molar-refractivity contribution in [3.05, 3.63) is 119 Å². The fraction of sp³-hybridized carbons (Fsp3) is 0.557. The van der Waals surface area contributed by atoms with Gasteiger partial charge in [-0.1, -0.05) is 96.8 Å². The van der Waals surface area contributed by atoms with Gasteiger partial charge in [-0.3, -0.25) is 85.9 Å². The van der Waals surface area contributed by atoms with Crippen LogP contribution in [0.2, 0.25) is 0 Å². The molecule has 4 aliphatic rings. The molecule has 2 fully saturated rings. The molecule has 0 saturated carbocycles. The van der Waals surface area contributed by atoms with Crippen LogP contribution in [0, 0.1) is 5.41 Å². The zero-order chi connectivity index (χ0) is 104. The quantitative estimate of drug-likeness (QED) is 0.00633. The lowest BCUT2D eigenvalue weighted by atomic mass is 9.75. The van der Waals surface area contributed by atoms with Gasteiger partial charge in [0, 0.05) is 104 Å². The van der Waals surface area contributed by atoms with Crippen molar-refractivity contribution in [3.63, 3.8) is 0 Å². The molecular weight excluding hydrogens is 2000 g/mol. The summed E-state index contributed by atoms with van der Waals surface area (Å²) in [4.78, 5) is 180. The highest BCUT2D eigenvalue weighted by Gasteiger charge is 2.49. The van der Waals surface area contributed by atoms with E-state index in [4.69, 9.17) is 35.8 Å². The maximum atomic E-state index is 14.9. The Kier molecular flexibility index (Phi) is 48.5. The first-order chi connectivity index (χ1) is 67.1. The zero-order valence-corrected chi connectivity index (χ0v) is 84.5. The number of guanidine groups is 1. The number of rotatable bonds is 51. The van der Waals surface area contributed by atoms with E-state index in [0.29, 0.717) is 65.3 Å². The number of allylic oxidation sites excluding steroid dienone is 6. The Morgan fingerprint density at radius 1 is 0.549 bits per heavy atom. The van der Waals surface area contributed by atoms with Crippen molar-refractivity contribution < 1.29 is 143 Å². The van der Waals surface area contributed by atoms with E-state index in [9.17, 15) is 119 Å². The molecule has 4 aliphatic heterocycles. The van der Waals surface area contributed by atoms with E-state index in [-0.39, 0.29) is 178 Å². The molecule has 786 valence electrons. The van der Waals surface area contributed by atoms with Crippen molar-refractivity contribution in [2.24, 2.45) is 11.5 Å². The lowest BCUT2D eigenvalue weighted by molar-refractivity contribution is -0.438. The van der Waals surface area contributed by atoms with Gasteiger partial charge in [0.05, 0.1) is 85.1 Å². The summed E-state index contributed by atoms with van der Waals surface area (Å²) in [6, 6.07) is 5.47. The van der Waals surface area contributed by atoms with E-state index in [1.807, 2.05) is 29.4 Å². The molecule has 4 heterocycles. The zero-order valence-electron chi connectivity index (χ0n) is 78.8. The van der Waals surface area contributed by atoms with Gasteiger partial charge in [-0.15, -0.1) is 11.8 Å². The van der Waals surface area contributed by atoms with Crippen molar-refractivity contribution >= 4 is 174 Å². The smallest absolute Gasteiger partial charge is 0.305 e. The summed E-state index contributed by atoms with van der Waals surface area (Å²) in [7, 11) is -16.4. The second-order valence-electron chi connectivity index (χ2n) is 34.2. The number of aliphatic carboxylic acids is 1. The number of unbranched alkanes of at least 4 members (excludes halogenated alkanes) is 5. The molecule has 2 bridgehead atoms. The maximum absolute atomic E-state index is 14.9. The number of thioether (sulfide) groups is 1. The Labute approximate surface area is 835 Å². The van der Waals surface area contributed by atoms with E-state index < -0.39 is 218 Å². The number of carboxylic acids is 1. The van der Waals surface area contributed by atoms with Gasteiger partial charge < -0.3 is 104 Å². The summed E-state index contributed by atoms with van der Waals surface area (Å²) in [5.41, 5.74) is 12.4. The van der Waals surface area contributed by atoms with Crippen LogP contribution in [0.1, 0.15) is 134 Å². The Morgan fingerprint density at radius 2 is 1.12 bits per heavy atom. The van der Waals surface area contributed by atoms with Gasteiger partial charge in [-0.2, -0.15) is 38.2 Å². The van der Waals surface area contributed by atoms with E-state index in [1.165, 1.54) is 30.3 Å². The largest absolute Gasteiger partial charge is 0.481 e. The number of hydrogen-bond acceptors (Lipinski definition) is 30. The summed E-state index contributed by atoms with van der Waals surface area (Å²) < 4.78 is 160. The maximum Gasteiger partial charge on any atom is 0.305 e. The molecule has 0 spiro atoms. The van der Waals surface area contributed by atoms with E-state index in [2.05, 4.69) is 63.8 Å². The van der Waals surface area contributed by atoms with Gasteiger partial charge in [0.2, 0.25) is 76.6 Å². The monoisotopic (exact) mass is 2130 g/mol. The summed E-state index contributed by atoms with van der Waals surface area (Å²) in [5, 5.41) is 48.8. The van der Waals surface area contributed by atoms with Gasteiger partial charge >= 0.3 is 5.97 Å². The molecule has 0 aromatic heterocycles. The molecule has 22 N–H and O–H groups in total. The lowest BCUT2D eigenvalue weighted by Gasteiger charge is -2.27. The number of benzene rings is 3. The third-order valence-electron chi connectivity index (χ3n) is 22.7. The number of carboxylic acid groups (broad SMARTS) is 1. The standard InChI is InChI=1S/C88H127N17O30S7/c1-87(2)60-47-58(141(126,127)128)27-29-69(60)104(71(87)24-9-5-10-25-72-88(3,31-13-17-44-139(120,121)122)61-48-59(142(129,130)131)28-30-70(61)105(72)37-16-18-45-140(123,124)125)36-15-6-11-26-74(107)92-32-14-12-22-63-81(115)102-67-54-137-138-55-68(103-83(117)65(49-78(111)112)98-75(108)50-96-79(113)62(99-84(67)118)23-19-33-95-86(90)91)85(119)100-64(46-57-20-7-4-8-21-57)82(116)101-66(53-136-56-77(110)97-63)80(114)94-35-39-133-41-43-134-42-40-132-38-34-93-76(109)52-135-51-73(89)106/h4-5,7-10,20-21,24-25,27-30,47-48,62-68H,6,11-19,22-23,26,31-46,49-56H2,1-3H3,(H21-,89,90,91,92,93,94,95,96,97,98,99,100,101,102,103,106,107,108,109,110,111,112,113,114,115,116,117,118,119,120,121,122,123,124,125,126,127,128,129,130,131)/p+1/t62-,63-,64-,65-,66-,67-,68-,88?/m0/s1. The van der Waals surface area contributed by atoms with Gasteiger partial charge in [-0.25, -0.2) is 0 Å². The molecule has 7 rings (SSSR count). The Morgan fingerprint density at radius 3 is 1.75 bits per heavy atom. The topological polar surface area (TPSA) is 723 Å². The number of nitrogens with zero attached hydrogens (tertiary/aromatic N) is 2. The van der Waals surface area contributed by atoms with Crippen LogP contribution in [-0.4, -0.2) is 326 Å². The number of nitrogens with two attached hydrogens (primary N) is 2. The Hall–Kier alpha value is -10.7. The van der Waals surface area contributed by atoms with Crippen LogP contribution >= 0.6 is 33.3 Å². The third-order valence-corrected chi connectivity index (χ3v) is 29.5. The summed E-state index contributed by atoms with van der Waals surface area (Å²) in [6.07, 6.45) is 9.61.